The SMILES string of the molecule is C=C(C)CN(C)c1cc(C)ncc1CNCCC. The van der Waals surface area contributed by atoms with Crippen LogP contribution < -0.4 is 10.2 Å². The molecule has 0 aliphatic heterocycles. The Hall–Kier alpha value is -1.35. The summed E-state index contributed by atoms with van der Waals surface area (Å²) >= 11 is 0. The highest BCUT2D eigenvalue weighted by atomic mass is 15.1. The molecule has 0 bridgehead atoms. The van der Waals surface area contributed by atoms with Crippen molar-refractivity contribution in [2.75, 3.05) is 25.0 Å². The van der Waals surface area contributed by atoms with Crippen molar-refractivity contribution >= 4 is 5.69 Å². The summed E-state index contributed by atoms with van der Waals surface area (Å²) in [6.07, 6.45) is 3.12. The Morgan fingerprint density at radius 3 is 2.83 bits per heavy atom. The smallest absolute Gasteiger partial charge is 0.0445 e. The first-order valence-electron chi connectivity index (χ1n) is 6.56. The van der Waals surface area contributed by atoms with Gasteiger partial charge in [0.05, 0.1) is 0 Å². The molecule has 1 aromatic rings. The van der Waals surface area contributed by atoms with Gasteiger partial charge in [0.1, 0.15) is 0 Å². The van der Waals surface area contributed by atoms with Crippen molar-refractivity contribution in [3.8, 4) is 0 Å². The number of hydrogen-bond donors (Lipinski definition) is 1. The Bertz CT molecular complexity index is 399. The van der Waals surface area contributed by atoms with Crippen LogP contribution in [0.2, 0.25) is 0 Å². The highest BCUT2D eigenvalue weighted by Crippen LogP contribution is 2.20. The zero-order valence-corrected chi connectivity index (χ0v) is 12.1. The van der Waals surface area contributed by atoms with Gasteiger partial charge in [-0.25, -0.2) is 0 Å². The molecule has 18 heavy (non-hydrogen) atoms. The third-order valence-electron chi connectivity index (χ3n) is 2.76. The summed E-state index contributed by atoms with van der Waals surface area (Å²) in [6.45, 7) is 13.0. The lowest BCUT2D eigenvalue weighted by Gasteiger charge is -2.23. The molecule has 1 heterocycles. The van der Waals surface area contributed by atoms with Gasteiger partial charge in [0.15, 0.2) is 0 Å². The fourth-order valence-corrected chi connectivity index (χ4v) is 1.96. The molecule has 0 aromatic carbocycles. The second-order valence-electron chi connectivity index (χ2n) is 4.94. The van der Waals surface area contributed by atoms with Gasteiger partial charge < -0.3 is 10.2 Å². The van der Waals surface area contributed by atoms with E-state index in [1.807, 2.05) is 13.1 Å². The Labute approximate surface area is 111 Å². The van der Waals surface area contributed by atoms with Crippen molar-refractivity contribution in [3.63, 3.8) is 0 Å². The van der Waals surface area contributed by atoms with Gasteiger partial charge in [-0.2, -0.15) is 0 Å². The van der Waals surface area contributed by atoms with Crippen LogP contribution in [0.5, 0.6) is 0 Å². The second-order valence-corrected chi connectivity index (χ2v) is 4.94. The summed E-state index contributed by atoms with van der Waals surface area (Å²) in [5.74, 6) is 0. The van der Waals surface area contributed by atoms with Gasteiger partial charge in [0, 0.05) is 43.3 Å². The monoisotopic (exact) mass is 247 g/mol. The number of nitrogens with one attached hydrogen (secondary N) is 1. The van der Waals surface area contributed by atoms with Crippen LogP contribution in [0.4, 0.5) is 5.69 Å². The van der Waals surface area contributed by atoms with E-state index in [0.717, 1.165) is 31.7 Å². The van der Waals surface area contributed by atoms with Gasteiger partial charge in [-0.05, 0) is 32.9 Å². The number of anilines is 1. The minimum Gasteiger partial charge on any atom is -0.370 e. The molecule has 0 radical (unpaired) electrons. The fraction of sp³-hybridized carbons (Fsp3) is 0.533. The maximum Gasteiger partial charge on any atom is 0.0445 e. The molecule has 0 atom stereocenters. The lowest BCUT2D eigenvalue weighted by atomic mass is 10.1. The quantitative estimate of drug-likeness (QED) is 0.593. The molecular weight excluding hydrogens is 222 g/mol. The molecule has 1 N–H and O–H groups in total. The Morgan fingerprint density at radius 2 is 2.22 bits per heavy atom. The van der Waals surface area contributed by atoms with Crippen LogP contribution in [0.15, 0.2) is 24.4 Å². The zero-order chi connectivity index (χ0) is 13.5. The average Bonchev–Trinajstić information content (AvgIpc) is 2.30. The van der Waals surface area contributed by atoms with Crippen molar-refractivity contribution in [2.24, 2.45) is 0 Å². The van der Waals surface area contributed by atoms with Gasteiger partial charge in [-0.15, -0.1) is 0 Å². The van der Waals surface area contributed by atoms with E-state index in [-0.39, 0.29) is 0 Å². The Balaban J connectivity index is 2.85. The molecule has 100 valence electrons. The topological polar surface area (TPSA) is 28.2 Å². The molecule has 3 heteroatoms. The number of aromatic nitrogens is 1. The molecule has 1 rings (SSSR count). The lowest BCUT2D eigenvalue weighted by molar-refractivity contribution is 0.672. The van der Waals surface area contributed by atoms with Gasteiger partial charge in [0.25, 0.3) is 0 Å². The van der Waals surface area contributed by atoms with Crippen LogP contribution in [0, 0.1) is 6.92 Å². The zero-order valence-electron chi connectivity index (χ0n) is 12.1. The minimum atomic E-state index is 0.872. The molecular formula is C15H25N3. The molecule has 0 unspecified atom stereocenters. The predicted octanol–water partition coefficient (Wildman–Crippen LogP) is 2.90. The first kappa shape index (κ1) is 14.7. The number of rotatable bonds is 7. The van der Waals surface area contributed by atoms with Crippen LogP contribution >= 0.6 is 0 Å². The van der Waals surface area contributed by atoms with E-state index in [1.165, 1.54) is 16.8 Å². The van der Waals surface area contributed by atoms with Gasteiger partial charge >= 0.3 is 0 Å². The Morgan fingerprint density at radius 1 is 1.50 bits per heavy atom. The third kappa shape index (κ3) is 4.49. The number of hydrogen-bond acceptors (Lipinski definition) is 3. The summed E-state index contributed by atoms with van der Waals surface area (Å²) in [6, 6.07) is 2.14. The van der Waals surface area contributed by atoms with Crippen LogP contribution in [0.3, 0.4) is 0 Å². The van der Waals surface area contributed by atoms with E-state index in [4.69, 9.17) is 0 Å². The highest BCUT2D eigenvalue weighted by molar-refractivity contribution is 5.53. The fourth-order valence-electron chi connectivity index (χ4n) is 1.96. The summed E-state index contributed by atoms with van der Waals surface area (Å²) in [5, 5.41) is 3.43. The Kier molecular flexibility index (Phi) is 5.86. The van der Waals surface area contributed by atoms with Crippen LogP contribution in [0.1, 0.15) is 31.5 Å². The van der Waals surface area contributed by atoms with Crippen molar-refractivity contribution in [1.82, 2.24) is 10.3 Å². The van der Waals surface area contributed by atoms with Crippen molar-refractivity contribution in [2.45, 2.75) is 33.7 Å². The van der Waals surface area contributed by atoms with E-state index in [1.54, 1.807) is 0 Å². The second kappa shape index (κ2) is 7.17. The highest BCUT2D eigenvalue weighted by Gasteiger charge is 2.08. The van der Waals surface area contributed by atoms with Gasteiger partial charge in [-0.3, -0.25) is 4.98 Å². The number of aryl methyl sites for hydroxylation is 1. The van der Waals surface area contributed by atoms with E-state index in [9.17, 15) is 0 Å². The maximum atomic E-state index is 4.39. The molecule has 0 aliphatic rings. The standard InChI is InChI=1S/C15H25N3/c1-6-7-16-9-14-10-17-13(4)8-15(14)18(5)11-12(2)3/h8,10,16H,2,6-7,9,11H2,1,3-5H3. The maximum absolute atomic E-state index is 4.39. The van der Waals surface area contributed by atoms with Crippen LogP contribution in [-0.2, 0) is 6.54 Å². The number of likely N-dealkylation sites (N-methyl/N-ethyl adjacent to an activating group) is 1. The predicted molar refractivity (Wildman–Crippen MR) is 79.1 cm³/mol. The molecule has 0 spiro atoms. The van der Waals surface area contributed by atoms with E-state index in [2.05, 4.69) is 48.7 Å². The van der Waals surface area contributed by atoms with Crippen molar-refractivity contribution < 1.29 is 0 Å². The molecule has 0 fully saturated rings. The average molecular weight is 247 g/mol. The van der Waals surface area contributed by atoms with Gasteiger partial charge in [-0.1, -0.05) is 19.1 Å². The molecule has 0 saturated carbocycles. The molecule has 0 aliphatic carbocycles. The summed E-state index contributed by atoms with van der Waals surface area (Å²) < 4.78 is 0. The van der Waals surface area contributed by atoms with E-state index >= 15 is 0 Å². The van der Waals surface area contributed by atoms with Crippen molar-refractivity contribution in [1.29, 1.82) is 0 Å². The molecule has 0 amide bonds. The first-order chi connectivity index (χ1) is 8.54. The molecule has 0 saturated heterocycles. The lowest BCUT2D eigenvalue weighted by Crippen LogP contribution is -2.23. The van der Waals surface area contributed by atoms with Crippen LogP contribution in [-0.4, -0.2) is 25.1 Å². The number of nitrogens with zero attached hydrogens (tertiary/aromatic N) is 2. The normalized spacial score (nSPS) is 10.4. The van der Waals surface area contributed by atoms with Crippen LogP contribution in [0.25, 0.3) is 0 Å². The summed E-state index contributed by atoms with van der Waals surface area (Å²) in [5.41, 5.74) is 4.71. The van der Waals surface area contributed by atoms with E-state index in [0.29, 0.717) is 0 Å². The van der Waals surface area contributed by atoms with Crippen molar-refractivity contribution in [3.05, 3.63) is 35.7 Å². The van der Waals surface area contributed by atoms with E-state index < -0.39 is 0 Å². The first-order valence-corrected chi connectivity index (χ1v) is 6.56. The molecule has 1 aromatic heterocycles. The largest absolute Gasteiger partial charge is 0.370 e. The number of pyridine rings is 1. The molecule has 3 nitrogen and oxygen atoms in total. The van der Waals surface area contributed by atoms with Gasteiger partial charge in [0.2, 0.25) is 0 Å². The summed E-state index contributed by atoms with van der Waals surface area (Å²) in [4.78, 5) is 6.63. The third-order valence-corrected chi connectivity index (χ3v) is 2.76. The summed E-state index contributed by atoms with van der Waals surface area (Å²) in [7, 11) is 2.10. The minimum absolute atomic E-state index is 0.872.